The SMILES string of the molecule is COc1ccc(Br)cc1/C=N/NC(=O)CSc1nc2ccccc2c(=O)n1-c1ccc(C)cc1. The van der Waals surface area contributed by atoms with Gasteiger partial charge in [-0.05, 0) is 49.4 Å². The predicted octanol–water partition coefficient (Wildman–Crippen LogP) is 4.71. The topological polar surface area (TPSA) is 85.6 Å². The van der Waals surface area contributed by atoms with E-state index in [1.165, 1.54) is 22.5 Å². The van der Waals surface area contributed by atoms with E-state index >= 15 is 0 Å². The van der Waals surface area contributed by atoms with Crippen LogP contribution in [0, 0.1) is 6.92 Å². The van der Waals surface area contributed by atoms with Crippen molar-refractivity contribution in [2.75, 3.05) is 12.9 Å². The van der Waals surface area contributed by atoms with E-state index < -0.39 is 0 Å². The zero-order chi connectivity index (χ0) is 24.1. The number of rotatable bonds is 7. The maximum absolute atomic E-state index is 13.3. The molecule has 1 amide bonds. The van der Waals surface area contributed by atoms with E-state index in [0.717, 1.165) is 10.0 Å². The molecule has 0 atom stereocenters. The number of para-hydroxylation sites is 1. The van der Waals surface area contributed by atoms with Crippen LogP contribution in [0.3, 0.4) is 0 Å². The van der Waals surface area contributed by atoms with Gasteiger partial charge in [-0.1, -0.05) is 57.5 Å². The van der Waals surface area contributed by atoms with Crippen molar-refractivity contribution in [2.45, 2.75) is 12.1 Å². The van der Waals surface area contributed by atoms with Crippen LogP contribution in [0.15, 0.2) is 86.3 Å². The first-order valence-electron chi connectivity index (χ1n) is 10.3. The van der Waals surface area contributed by atoms with E-state index in [0.29, 0.717) is 33.1 Å². The Labute approximate surface area is 209 Å². The van der Waals surface area contributed by atoms with E-state index in [1.807, 2.05) is 55.5 Å². The second-order valence-electron chi connectivity index (χ2n) is 7.36. The summed E-state index contributed by atoms with van der Waals surface area (Å²) in [6, 6.07) is 20.3. The van der Waals surface area contributed by atoms with Gasteiger partial charge in [0.15, 0.2) is 5.16 Å². The number of nitrogens with one attached hydrogen (secondary N) is 1. The van der Waals surface area contributed by atoms with E-state index in [1.54, 1.807) is 25.3 Å². The minimum Gasteiger partial charge on any atom is -0.496 e. The number of fused-ring (bicyclic) bond motifs is 1. The van der Waals surface area contributed by atoms with Gasteiger partial charge in [-0.3, -0.25) is 14.2 Å². The molecule has 3 aromatic carbocycles. The summed E-state index contributed by atoms with van der Waals surface area (Å²) < 4.78 is 7.71. The van der Waals surface area contributed by atoms with Crippen molar-refractivity contribution < 1.29 is 9.53 Å². The van der Waals surface area contributed by atoms with Crippen LogP contribution in [0.5, 0.6) is 5.75 Å². The summed E-state index contributed by atoms with van der Waals surface area (Å²) >= 11 is 4.58. The first-order valence-corrected chi connectivity index (χ1v) is 12.1. The summed E-state index contributed by atoms with van der Waals surface area (Å²) in [4.78, 5) is 30.4. The van der Waals surface area contributed by atoms with Gasteiger partial charge in [-0.15, -0.1) is 0 Å². The number of hydrogen-bond donors (Lipinski definition) is 1. The lowest BCUT2D eigenvalue weighted by atomic mass is 10.2. The smallest absolute Gasteiger partial charge is 0.266 e. The second kappa shape index (κ2) is 10.7. The van der Waals surface area contributed by atoms with Crippen molar-refractivity contribution in [3.8, 4) is 11.4 Å². The highest BCUT2D eigenvalue weighted by molar-refractivity contribution is 9.10. The van der Waals surface area contributed by atoms with Crippen LogP contribution in [-0.2, 0) is 4.79 Å². The van der Waals surface area contributed by atoms with E-state index in [4.69, 9.17) is 4.74 Å². The molecule has 0 bridgehead atoms. The third-order valence-corrected chi connectivity index (χ3v) is 6.39. The summed E-state index contributed by atoms with van der Waals surface area (Å²) in [6.07, 6.45) is 1.52. The molecule has 0 spiro atoms. The number of methoxy groups -OCH3 is 1. The minimum absolute atomic E-state index is 0.0313. The third kappa shape index (κ3) is 5.37. The molecule has 0 saturated carbocycles. The number of aryl methyl sites for hydroxylation is 1. The number of hydrogen-bond acceptors (Lipinski definition) is 6. The number of aromatic nitrogens is 2. The molecular weight excluding hydrogens is 516 g/mol. The number of ether oxygens (including phenoxy) is 1. The highest BCUT2D eigenvalue weighted by Crippen LogP contribution is 2.22. The van der Waals surface area contributed by atoms with Crippen LogP contribution in [0.4, 0.5) is 0 Å². The molecule has 4 aromatic rings. The minimum atomic E-state index is -0.326. The fourth-order valence-corrected chi connectivity index (χ4v) is 4.46. The van der Waals surface area contributed by atoms with Gasteiger partial charge in [-0.25, -0.2) is 10.4 Å². The Morgan fingerprint density at radius 3 is 2.71 bits per heavy atom. The van der Waals surface area contributed by atoms with E-state index in [-0.39, 0.29) is 17.2 Å². The first kappa shape index (κ1) is 23.7. The van der Waals surface area contributed by atoms with Gasteiger partial charge in [0.1, 0.15) is 5.75 Å². The molecule has 0 aliphatic carbocycles. The Morgan fingerprint density at radius 1 is 1.18 bits per heavy atom. The Hall–Kier alpha value is -3.43. The molecule has 1 N–H and O–H groups in total. The number of amides is 1. The summed E-state index contributed by atoms with van der Waals surface area (Å²) in [5.74, 6) is 0.343. The molecule has 9 heteroatoms. The monoisotopic (exact) mass is 536 g/mol. The average Bonchev–Trinajstić information content (AvgIpc) is 2.84. The zero-order valence-electron chi connectivity index (χ0n) is 18.5. The number of hydrazone groups is 1. The van der Waals surface area contributed by atoms with E-state index in [9.17, 15) is 9.59 Å². The lowest BCUT2D eigenvalue weighted by Gasteiger charge is -2.13. The van der Waals surface area contributed by atoms with Gasteiger partial charge in [0.05, 0.1) is 35.7 Å². The molecule has 0 aliphatic rings. The Bertz CT molecular complexity index is 1430. The van der Waals surface area contributed by atoms with Crippen molar-refractivity contribution in [1.29, 1.82) is 0 Å². The lowest BCUT2D eigenvalue weighted by molar-refractivity contribution is -0.118. The molecule has 1 heterocycles. The fourth-order valence-electron chi connectivity index (χ4n) is 3.27. The van der Waals surface area contributed by atoms with Crippen LogP contribution in [0.25, 0.3) is 16.6 Å². The molecule has 0 fully saturated rings. The molecular formula is C25H21BrN4O3S. The molecule has 1 aromatic heterocycles. The normalized spacial score (nSPS) is 11.1. The fraction of sp³-hybridized carbons (Fsp3) is 0.120. The van der Waals surface area contributed by atoms with Gasteiger partial charge in [0.25, 0.3) is 11.5 Å². The first-order chi connectivity index (χ1) is 16.5. The summed E-state index contributed by atoms with van der Waals surface area (Å²) in [5, 5.41) is 4.98. The Kier molecular flexibility index (Phi) is 7.44. The molecule has 0 unspecified atom stereocenters. The van der Waals surface area contributed by atoms with Crippen LogP contribution in [0.1, 0.15) is 11.1 Å². The number of benzene rings is 3. The average molecular weight is 537 g/mol. The summed E-state index contributed by atoms with van der Waals surface area (Å²) in [6.45, 7) is 1.98. The molecule has 0 aliphatic heterocycles. The highest BCUT2D eigenvalue weighted by Gasteiger charge is 2.14. The molecule has 0 radical (unpaired) electrons. The van der Waals surface area contributed by atoms with Gasteiger partial charge in [-0.2, -0.15) is 5.10 Å². The number of carbonyl (C=O) groups excluding carboxylic acids is 1. The maximum atomic E-state index is 13.3. The van der Waals surface area contributed by atoms with Crippen LogP contribution < -0.4 is 15.7 Å². The van der Waals surface area contributed by atoms with Crippen LogP contribution in [0.2, 0.25) is 0 Å². The van der Waals surface area contributed by atoms with Crippen molar-refractivity contribution in [2.24, 2.45) is 5.10 Å². The number of halogens is 1. The van der Waals surface area contributed by atoms with Gasteiger partial charge < -0.3 is 4.74 Å². The number of thioether (sulfide) groups is 1. The summed E-state index contributed by atoms with van der Waals surface area (Å²) in [7, 11) is 1.57. The van der Waals surface area contributed by atoms with Gasteiger partial charge in [0, 0.05) is 10.0 Å². The predicted molar refractivity (Wildman–Crippen MR) is 139 cm³/mol. The number of carbonyl (C=O) groups is 1. The summed E-state index contributed by atoms with van der Waals surface area (Å²) in [5.41, 5.74) is 5.40. The Balaban J connectivity index is 1.55. The zero-order valence-corrected chi connectivity index (χ0v) is 20.9. The van der Waals surface area contributed by atoms with Gasteiger partial charge >= 0.3 is 0 Å². The molecule has 7 nitrogen and oxygen atoms in total. The van der Waals surface area contributed by atoms with Gasteiger partial charge in [0.2, 0.25) is 0 Å². The maximum Gasteiger partial charge on any atom is 0.266 e. The van der Waals surface area contributed by atoms with Crippen molar-refractivity contribution in [1.82, 2.24) is 15.0 Å². The quantitative estimate of drug-likeness (QED) is 0.160. The molecule has 34 heavy (non-hydrogen) atoms. The molecule has 4 rings (SSSR count). The highest BCUT2D eigenvalue weighted by atomic mass is 79.9. The lowest BCUT2D eigenvalue weighted by Crippen LogP contribution is -2.24. The third-order valence-electron chi connectivity index (χ3n) is 4.95. The van der Waals surface area contributed by atoms with Crippen LogP contribution in [-0.4, -0.2) is 34.5 Å². The standard InChI is InChI=1S/C25H21BrN4O3S/c1-16-7-10-19(11-8-16)30-24(32)20-5-3-4-6-21(20)28-25(30)34-15-23(31)29-27-14-17-13-18(26)9-12-22(17)33-2/h3-14H,15H2,1-2H3,(H,29,31)/b27-14+. The second-order valence-corrected chi connectivity index (χ2v) is 9.21. The molecule has 172 valence electrons. The molecule has 0 saturated heterocycles. The van der Waals surface area contributed by atoms with Crippen molar-refractivity contribution >= 4 is 50.7 Å². The Morgan fingerprint density at radius 2 is 1.94 bits per heavy atom. The van der Waals surface area contributed by atoms with Crippen molar-refractivity contribution in [3.05, 3.63) is 92.7 Å². The van der Waals surface area contributed by atoms with Crippen LogP contribution >= 0.6 is 27.7 Å². The largest absolute Gasteiger partial charge is 0.496 e. The number of nitrogens with zero attached hydrogens (tertiary/aromatic N) is 3. The van der Waals surface area contributed by atoms with E-state index in [2.05, 4.69) is 31.4 Å². The van der Waals surface area contributed by atoms with Crippen molar-refractivity contribution in [3.63, 3.8) is 0 Å².